The number of fused-ring (bicyclic) bond motifs is 2. The van der Waals surface area contributed by atoms with E-state index in [0.29, 0.717) is 29.7 Å². The van der Waals surface area contributed by atoms with Gasteiger partial charge >= 0.3 is 6.03 Å². The van der Waals surface area contributed by atoms with E-state index < -0.39 is 0 Å². The Bertz CT molecular complexity index is 759. The highest BCUT2D eigenvalue weighted by Gasteiger charge is 2.43. The Balaban J connectivity index is 1.33. The number of aromatic nitrogens is 2. The van der Waals surface area contributed by atoms with Crippen molar-refractivity contribution in [3.8, 4) is 11.4 Å². The lowest BCUT2D eigenvalue weighted by Gasteiger charge is -2.37. The van der Waals surface area contributed by atoms with Crippen LogP contribution in [0.25, 0.3) is 11.4 Å². The molecule has 1 aromatic carbocycles. The quantitative estimate of drug-likeness (QED) is 0.911. The molecule has 138 valence electrons. The maximum atomic E-state index is 12.5. The molecule has 1 saturated carbocycles. The van der Waals surface area contributed by atoms with Crippen LogP contribution in [0.3, 0.4) is 0 Å². The Morgan fingerprint density at radius 2 is 1.96 bits per heavy atom. The number of ether oxygens (including phenoxy) is 1. The molecule has 1 aromatic heterocycles. The predicted molar refractivity (Wildman–Crippen MR) is 95.3 cm³/mol. The zero-order valence-corrected chi connectivity index (χ0v) is 15.1. The largest absolute Gasteiger partial charge is 0.381 e. The summed E-state index contributed by atoms with van der Waals surface area (Å²) >= 11 is 0. The van der Waals surface area contributed by atoms with Crippen LogP contribution in [0.4, 0.5) is 4.79 Å². The second-order valence-electron chi connectivity index (χ2n) is 7.24. The molecular formula is C19H24N4O3. The van der Waals surface area contributed by atoms with Gasteiger partial charge in [-0.15, -0.1) is 0 Å². The van der Waals surface area contributed by atoms with Crippen molar-refractivity contribution in [3.63, 3.8) is 0 Å². The lowest BCUT2D eigenvalue weighted by molar-refractivity contribution is -0.00515. The molecule has 1 unspecified atom stereocenters. The van der Waals surface area contributed by atoms with Crippen LogP contribution < -0.4 is 5.32 Å². The number of amides is 2. The monoisotopic (exact) mass is 356 g/mol. The highest BCUT2D eigenvalue weighted by Crippen LogP contribution is 2.38. The number of piperidine rings is 1. The second-order valence-corrected chi connectivity index (χ2v) is 7.24. The highest BCUT2D eigenvalue weighted by molar-refractivity contribution is 5.74. The van der Waals surface area contributed by atoms with E-state index in [1.165, 1.54) is 5.56 Å². The van der Waals surface area contributed by atoms with Crippen molar-refractivity contribution in [3.05, 3.63) is 35.7 Å². The first-order chi connectivity index (χ1) is 12.6. The van der Waals surface area contributed by atoms with Gasteiger partial charge in [-0.2, -0.15) is 4.98 Å². The first-order valence-corrected chi connectivity index (χ1v) is 9.09. The molecular weight excluding hydrogens is 332 g/mol. The molecule has 3 atom stereocenters. The smallest absolute Gasteiger partial charge is 0.317 e. The fraction of sp³-hybridized carbons (Fsp3) is 0.526. The highest BCUT2D eigenvalue weighted by atomic mass is 16.5. The van der Waals surface area contributed by atoms with Gasteiger partial charge in [0.05, 0.1) is 12.6 Å². The van der Waals surface area contributed by atoms with Gasteiger partial charge in [0.2, 0.25) is 11.7 Å². The molecule has 0 spiro atoms. The summed E-state index contributed by atoms with van der Waals surface area (Å²) in [6, 6.07) is 7.85. The van der Waals surface area contributed by atoms with Gasteiger partial charge in [0.15, 0.2) is 0 Å². The lowest BCUT2D eigenvalue weighted by Crippen LogP contribution is -2.51. The molecule has 2 heterocycles. The van der Waals surface area contributed by atoms with Crippen molar-refractivity contribution in [2.24, 2.45) is 11.8 Å². The summed E-state index contributed by atoms with van der Waals surface area (Å²) in [5.41, 5.74) is 2.08. The van der Waals surface area contributed by atoms with E-state index in [-0.39, 0.29) is 12.6 Å². The maximum Gasteiger partial charge on any atom is 0.317 e. The fourth-order valence-corrected chi connectivity index (χ4v) is 4.13. The summed E-state index contributed by atoms with van der Waals surface area (Å²) in [5.74, 6) is 1.83. The fourth-order valence-electron chi connectivity index (χ4n) is 4.13. The van der Waals surface area contributed by atoms with Crippen LogP contribution in [0.15, 0.2) is 28.8 Å². The zero-order valence-electron chi connectivity index (χ0n) is 15.1. The van der Waals surface area contributed by atoms with E-state index >= 15 is 0 Å². The van der Waals surface area contributed by atoms with E-state index in [1.807, 2.05) is 36.1 Å². The Morgan fingerprint density at radius 1 is 1.27 bits per heavy atom. The second kappa shape index (κ2) is 7.07. The number of rotatable bonds is 4. The molecule has 0 radical (unpaired) electrons. The van der Waals surface area contributed by atoms with Crippen molar-refractivity contribution in [1.82, 2.24) is 20.4 Å². The van der Waals surface area contributed by atoms with Crippen LogP contribution in [-0.2, 0) is 11.3 Å². The van der Waals surface area contributed by atoms with Gasteiger partial charge in [0, 0.05) is 37.6 Å². The van der Waals surface area contributed by atoms with Crippen LogP contribution in [0.2, 0.25) is 0 Å². The normalized spacial score (nSPS) is 24.7. The lowest BCUT2D eigenvalue weighted by atomic mass is 9.95. The van der Waals surface area contributed by atoms with Crippen LogP contribution in [0.5, 0.6) is 0 Å². The topological polar surface area (TPSA) is 80.5 Å². The average Bonchev–Trinajstić information content (AvgIpc) is 3.22. The number of methoxy groups -OCH3 is 1. The number of carbonyl (C=O) groups excluding carboxylic acids is 1. The SMILES string of the molecule is COC1[C@@H]2CC[C@H]1CN(C(=O)NCc1nc(-c3ccc(C)cc3)no1)C2. The number of aryl methyl sites for hydroxylation is 1. The van der Waals surface area contributed by atoms with Crippen molar-refractivity contribution in [2.75, 3.05) is 20.2 Å². The molecule has 7 nitrogen and oxygen atoms in total. The molecule has 2 fully saturated rings. The third-order valence-electron chi connectivity index (χ3n) is 5.48. The molecule has 26 heavy (non-hydrogen) atoms. The van der Waals surface area contributed by atoms with E-state index in [2.05, 4.69) is 15.5 Å². The third-order valence-corrected chi connectivity index (χ3v) is 5.48. The Kier molecular flexibility index (Phi) is 4.63. The van der Waals surface area contributed by atoms with Crippen molar-refractivity contribution < 1.29 is 14.1 Å². The van der Waals surface area contributed by atoms with Gasteiger partial charge in [0.25, 0.3) is 0 Å². The molecule has 4 rings (SSSR count). The number of hydrogen-bond acceptors (Lipinski definition) is 5. The van der Waals surface area contributed by atoms with Crippen LogP contribution in [0, 0.1) is 18.8 Å². The van der Waals surface area contributed by atoms with E-state index in [0.717, 1.165) is 31.5 Å². The number of hydrogen-bond donors (Lipinski definition) is 1. The standard InChI is InChI=1S/C19H24N4O3/c1-12-3-5-13(6-4-12)18-21-16(26-22-18)9-20-19(24)23-10-14-7-8-15(11-23)17(14)25-2/h3-6,14-15,17H,7-11H2,1-2H3,(H,20,24)/t14-,15+,17?. The molecule has 7 heteroatoms. The van der Waals surface area contributed by atoms with Crippen molar-refractivity contribution >= 4 is 6.03 Å². The van der Waals surface area contributed by atoms with Gasteiger partial charge in [-0.1, -0.05) is 35.0 Å². The van der Waals surface area contributed by atoms with Crippen LogP contribution in [0.1, 0.15) is 24.3 Å². The Hall–Kier alpha value is -2.41. The van der Waals surface area contributed by atoms with Gasteiger partial charge < -0.3 is 19.5 Å². The summed E-state index contributed by atoms with van der Waals surface area (Å²) in [7, 11) is 1.77. The summed E-state index contributed by atoms with van der Waals surface area (Å²) in [5, 5.41) is 6.89. The number of benzene rings is 1. The van der Waals surface area contributed by atoms with Gasteiger partial charge in [-0.25, -0.2) is 4.79 Å². The Morgan fingerprint density at radius 3 is 2.62 bits per heavy atom. The van der Waals surface area contributed by atoms with E-state index in [9.17, 15) is 4.79 Å². The maximum absolute atomic E-state index is 12.5. The molecule has 2 amide bonds. The van der Waals surface area contributed by atoms with E-state index in [4.69, 9.17) is 9.26 Å². The minimum Gasteiger partial charge on any atom is -0.381 e. The number of nitrogens with zero attached hydrogens (tertiary/aromatic N) is 3. The summed E-state index contributed by atoms with van der Waals surface area (Å²) in [4.78, 5) is 18.7. The van der Waals surface area contributed by atoms with Crippen molar-refractivity contribution in [1.29, 1.82) is 0 Å². The first kappa shape index (κ1) is 17.0. The predicted octanol–water partition coefficient (Wildman–Crippen LogP) is 2.61. The zero-order chi connectivity index (χ0) is 18.1. The average molecular weight is 356 g/mol. The molecule has 1 aliphatic heterocycles. The van der Waals surface area contributed by atoms with Crippen LogP contribution in [-0.4, -0.2) is 47.4 Å². The van der Waals surface area contributed by atoms with Gasteiger partial charge in [-0.3, -0.25) is 0 Å². The van der Waals surface area contributed by atoms with Crippen LogP contribution >= 0.6 is 0 Å². The third kappa shape index (κ3) is 3.31. The minimum absolute atomic E-state index is 0.0773. The number of urea groups is 1. The summed E-state index contributed by atoms with van der Waals surface area (Å²) in [6.07, 6.45) is 2.57. The molecule has 2 bridgehead atoms. The Labute approximate surface area is 152 Å². The molecule has 1 saturated heterocycles. The molecule has 1 aliphatic carbocycles. The summed E-state index contributed by atoms with van der Waals surface area (Å²) < 4.78 is 10.9. The number of carbonyl (C=O) groups is 1. The van der Waals surface area contributed by atoms with E-state index in [1.54, 1.807) is 7.11 Å². The minimum atomic E-state index is -0.0773. The first-order valence-electron chi connectivity index (χ1n) is 9.09. The summed E-state index contributed by atoms with van der Waals surface area (Å²) in [6.45, 7) is 3.76. The molecule has 1 N–H and O–H groups in total. The molecule has 2 aromatic rings. The van der Waals surface area contributed by atoms with Gasteiger partial charge in [0.1, 0.15) is 0 Å². The number of likely N-dealkylation sites (tertiary alicyclic amines) is 1. The number of nitrogens with one attached hydrogen (secondary N) is 1. The van der Waals surface area contributed by atoms with Crippen molar-refractivity contribution in [2.45, 2.75) is 32.4 Å². The molecule has 2 aliphatic rings. The van der Waals surface area contributed by atoms with Gasteiger partial charge in [-0.05, 0) is 19.8 Å².